The van der Waals surface area contributed by atoms with Crippen molar-refractivity contribution in [2.75, 3.05) is 13.2 Å². The fourth-order valence-corrected chi connectivity index (χ4v) is 2.87. The first-order valence-electron chi connectivity index (χ1n) is 9.88. The third-order valence-electron chi connectivity index (χ3n) is 4.61. The highest BCUT2D eigenvalue weighted by Crippen LogP contribution is 2.21. The van der Waals surface area contributed by atoms with Crippen LogP contribution in [0.1, 0.15) is 31.9 Å². The van der Waals surface area contributed by atoms with Crippen molar-refractivity contribution in [1.29, 1.82) is 0 Å². The Morgan fingerprint density at radius 3 is 2.40 bits per heavy atom. The van der Waals surface area contributed by atoms with Crippen molar-refractivity contribution < 1.29 is 18.7 Å². The van der Waals surface area contributed by atoms with Crippen molar-refractivity contribution in [2.24, 2.45) is 5.92 Å². The highest BCUT2D eigenvalue weighted by atomic mass is 35.5. The molecule has 5 nitrogen and oxygen atoms in total. The minimum absolute atomic E-state index is 0.165. The molecule has 162 valence electrons. The molecule has 0 saturated heterocycles. The summed E-state index contributed by atoms with van der Waals surface area (Å²) in [6.07, 6.45) is 0. The number of rotatable bonds is 9. The third kappa shape index (κ3) is 7.02. The van der Waals surface area contributed by atoms with Crippen LogP contribution in [0.5, 0.6) is 5.75 Å². The van der Waals surface area contributed by atoms with Crippen LogP contribution in [-0.4, -0.2) is 35.9 Å². The first kappa shape index (κ1) is 23.7. The van der Waals surface area contributed by atoms with Crippen molar-refractivity contribution >= 4 is 23.4 Å². The number of carbonyl (C=O) groups excluding carboxylic acids is 2. The molecular weight excluding hydrogens is 407 g/mol. The summed E-state index contributed by atoms with van der Waals surface area (Å²) in [4.78, 5) is 27.0. The summed E-state index contributed by atoms with van der Waals surface area (Å²) in [6, 6.07) is 10.3. The van der Waals surface area contributed by atoms with E-state index in [0.29, 0.717) is 23.2 Å². The average molecular weight is 435 g/mol. The molecule has 0 spiro atoms. The highest BCUT2D eigenvalue weighted by Gasteiger charge is 2.26. The Morgan fingerprint density at radius 2 is 1.80 bits per heavy atom. The molecule has 0 fully saturated rings. The second-order valence-corrected chi connectivity index (χ2v) is 8.07. The van der Waals surface area contributed by atoms with Crippen LogP contribution < -0.4 is 10.1 Å². The summed E-state index contributed by atoms with van der Waals surface area (Å²) in [5.74, 6) is -0.149. The van der Waals surface area contributed by atoms with E-state index in [1.54, 1.807) is 37.3 Å². The molecule has 2 aromatic rings. The molecule has 0 aromatic heterocycles. The van der Waals surface area contributed by atoms with Crippen LogP contribution in [-0.2, 0) is 16.1 Å². The van der Waals surface area contributed by atoms with Gasteiger partial charge in [-0.15, -0.1) is 0 Å². The van der Waals surface area contributed by atoms with Gasteiger partial charge < -0.3 is 15.0 Å². The molecule has 2 amide bonds. The average Bonchev–Trinajstić information content (AvgIpc) is 2.71. The van der Waals surface area contributed by atoms with Gasteiger partial charge in [0, 0.05) is 18.1 Å². The number of aryl methyl sites for hydroxylation is 1. The minimum atomic E-state index is -0.711. The van der Waals surface area contributed by atoms with E-state index in [9.17, 15) is 14.0 Å². The van der Waals surface area contributed by atoms with Gasteiger partial charge in [0.05, 0.1) is 0 Å². The molecule has 0 aliphatic rings. The smallest absolute Gasteiger partial charge is 0.261 e. The van der Waals surface area contributed by atoms with E-state index in [-0.39, 0.29) is 30.8 Å². The van der Waals surface area contributed by atoms with Crippen molar-refractivity contribution in [3.63, 3.8) is 0 Å². The number of halogens is 2. The Morgan fingerprint density at radius 1 is 1.13 bits per heavy atom. The van der Waals surface area contributed by atoms with Crippen LogP contribution in [0.15, 0.2) is 42.5 Å². The van der Waals surface area contributed by atoms with Gasteiger partial charge in [-0.1, -0.05) is 37.6 Å². The van der Waals surface area contributed by atoms with Gasteiger partial charge in [0.2, 0.25) is 5.91 Å². The first-order chi connectivity index (χ1) is 14.2. The van der Waals surface area contributed by atoms with E-state index >= 15 is 0 Å². The predicted octanol–water partition coefficient (Wildman–Crippen LogP) is 4.36. The molecule has 0 aliphatic carbocycles. The largest absolute Gasteiger partial charge is 0.484 e. The number of amides is 2. The Kier molecular flexibility index (Phi) is 8.66. The zero-order valence-electron chi connectivity index (χ0n) is 17.7. The summed E-state index contributed by atoms with van der Waals surface area (Å²) in [7, 11) is 0. The normalized spacial score (nSPS) is 11.8. The van der Waals surface area contributed by atoms with Gasteiger partial charge in [0.1, 0.15) is 17.6 Å². The standard InChI is InChI=1S/C23H28ClFN2O3/c1-15(2)12-26-23(29)17(4)27(13-18-5-7-19(25)8-6-18)22(28)14-30-20-9-10-21(24)16(3)11-20/h5-11,15,17H,12-14H2,1-4H3,(H,26,29)/t17-/m0/s1. The van der Waals surface area contributed by atoms with E-state index in [0.717, 1.165) is 11.1 Å². The number of nitrogens with one attached hydrogen (secondary N) is 1. The molecule has 7 heteroatoms. The second kappa shape index (κ2) is 11.0. The summed E-state index contributed by atoms with van der Waals surface area (Å²) in [6.45, 7) is 7.95. The summed E-state index contributed by atoms with van der Waals surface area (Å²) < 4.78 is 18.9. The number of carbonyl (C=O) groups is 2. The van der Waals surface area contributed by atoms with Crippen molar-refractivity contribution in [3.8, 4) is 5.75 Å². The lowest BCUT2D eigenvalue weighted by atomic mass is 10.1. The molecule has 1 atom stereocenters. The second-order valence-electron chi connectivity index (χ2n) is 7.66. The van der Waals surface area contributed by atoms with E-state index in [1.165, 1.54) is 17.0 Å². The Hall–Kier alpha value is -2.60. The lowest BCUT2D eigenvalue weighted by Crippen LogP contribution is -2.49. The zero-order valence-corrected chi connectivity index (χ0v) is 18.5. The quantitative estimate of drug-likeness (QED) is 0.638. The molecule has 0 saturated carbocycles. The van der Waals surface area contributed by atoms with Crippen LogP contribution >= 0.6 is 11.6 Å². The SMILES string of the molecule is Cc1cc(OCC(=O)N(Cc2ccc(F)cc2)[C@@H](C)C(=O)NCC(C)C)ccc1Cl. The van der Waals surface area contributed by atoms with Gasteiger partial charge in [0.25, 0.3) is 5.91 Å². The fourth-order valence-electron chi connectivity index (χ4n) is 2.76. The summed E-state index contributed by atoms with van der Waals surface area (Å²) in [5.41, 5.74) is 1.56. The van der Waals surface area contributed by atoms with Gasteiger partial charge >= 0.3 is 0 Å². The van der Waals surface area contributed by atoms with Crippen LogP contribution in [0.2, 0.25) is 5.02 Å². The van der Waals surface area contributed by atoms with E-state index in [2.05, 4.69) is 5.32 Å². The van der Waals surface area contributed by atoms with Gasteiger partial charge in [-0.2, -0.15) is 0 Å². The molecule has 0 unspecified atom stereocenters. The number of hydrogen-bond acceptors (Lipinski definition) is 3. The zero-order chi connectivity index (χ0) is 22.3. The monoisotopic (exact) mass is 434 g/mol. The fraction of sp³-hybridized carbons (Fsp3) is 0.391. The maximum absolute atomic E-state index is 13.2. The van der Waals surface area contributed by atoms with E-state index in [4.69, 9.17) is 16.3 Å². The Bertz CT molecular complexity index is 871. The van der Waals surface area contributed by atoms with Crippen LogP contribution in [0.25, 0.3) is 0 Å². The molecule has 1 N–H and O–H groups in total. The van der Waals surface area contributed by atoms with Gasteiger partial charge in [-0.05, 0) is 61.2 Å². The van der Waals surface area contributed by atoms with E-state index in [1.807, 2.05) is 20.8 Å². The highest BCUT2D eigenvalue weighted by molar-refractivity contribution is 6.31. The number of benzene rings is 2. The van der Waals surface area contributed by atoms with Gasteiger partial charge in [0.15, 0.2) is 6.61 Å². The maximum Gasteiger partial charge on any atom is 0.261 e. The minimum Gasteiger partial charge on any atom is -0.484 e. The van der Waals surface area contributed by atoms with Crippen molar-refractivity contribution in [1.82, 2.24) is 10.2 Å². The molecule has 0 bridgehead atoms. The summed E-state index contributed by atoms with van der Waals surface area (Å²) >= 11 is 6.02. The predicted molar refractivity (Wildman–Crippen MR) is 116 cm³/mol. The lowest BCUT2D eigenvalue weighted by molar-refractivity contribution is -0.142. The Labute approximate surface area is 182 Å². The molecule has 2 rings (SSSR count). The number of nitrogens with zero attached hydrogens (tertiary/aromatic N) is 1. The molecule has 0 aliphatic heterocycles. The molecule has 30 heavy (non-hydrogen) atoms. The van der Waals surface area contributed by atoms with Gasteiger partial charge in [-0.3, -0.25) is 9.59 Å². The Balaban J connectivity index is 2.13. The maximum atomic E-state index is 13.2. The van der Waals surface area contributed by atoms with Crippen LogP contribution in [0.3, 0.4) is 0 Å². The van der Waals surface area contributed by atoms with Crippen LogP contribution in [0.4, 0.5) is 4.39 Å². The summed E-state index contributed by atoms with van der Waals surface area (Å²) in [5, 5.41) is 3.46. The number of hydrogen-bond donors (Lipinski definition) is 1. The molecule has 0 radical (unpaired) electrons. The van der Waals surface area contributed by atoms with Crippen molar-refractivity contribution in [2.45, 2.75) is 40.3 Å². The third-order valence-corrected chi connectivity index (χ3v) is 5.03. The molecule has 2 aromatic carbocycles. The van der Waals surface area contributed by atoms with E-state index < -0.39 is 6.04 Å². The van der Waals surface area contributed by atoms with Crippen LogP contribution in [0, 0.1) is 18.7 Å². The van der Waals surface area contributed by atoms with Crippen molar-refractivity contribution in [3.05, 3.63) is 64.4 Å². The first-order valence-corrected chi connectivity index (χ1v) is 10.3. The lowest BCUT2D eigenvalue weighted by Gasteiger charge is -2.29. The topological polar surface area (TPSA) is 58.6 Å². The van der Waals surface area contributed by atoms with Gasteiger partial charge in [-0.25, -0.2) is 4.39 Å². The molecular formula is C23H28ClFN2O3. The number of ether oxygens (including phenoxy) is 1. The molecule has 0 heterocycles.